The zero-order valence-electron chi connectivity index (χ0n) is 11.4. The zero-order chi connectivity index (χ0) is 15.5. The van der Waals surface area contributed by atoms with Crippen molar-refractivity contribution in [1.29, 1.82) is 0 Å². The van der Waals surface area contributed by atoms with Crippen LogP contribution in [-0.4, -0.2) is 35.2 Å². The van der Waals surface area contributed by atoms with E-state index in [0.29, 0.717) is 35.8 Å². The lowest BCUT2D eigenvalue weighted by Gasteiger charge is -2.22. The molecule has 1 aromatic carbocycles. The first-order valence-corrected chi connectivity index (χ1v) is 9.99. The highest BCUT2D eigenvalue weighted by Gasteiger charge is 2.23. The molecule has 0 atom stereocenters. The Morgan fingerprint density at radius 3 is 2.38 bits per heavy atom. The first kappa shape index (κ1) is 16.5. The molecule has 1 aliphatic heterocycles. The summed E-state index contributed by atoms with van der Waals surface area (Å²) in [6.07, 6.45) is 1.69. The van der Waals surface area contributed by atoms with Gasteiger partial charge in [0.1, 0.15) is 0 Å². The van der Waals surface area contributed by atoms with E-state index >= 15 is 0 Å². The number of benzene rings is 1. The van der Waals surface area contributed by atoms with Crippen LogP contribution >= 0.6 is 12.2 Å². The molecule has 3 N–H and O–H groups in total. The third-order valence-corrected chi connectivity index (χ3v) is 6.38. The quantitative estimate of drug-likeness (QED) is 0.766. The molecule has 0 aromatic heterocycles. The standard InChI is InChI=1S/C13H18N2O3S3/c14-13(19)9-10-1-3-12(4-2-10)21(17,18)15-11-5-7-20(16)8-6-11/h1-4,11,15H,5-9H2,(H2,14,19). The van der Waals surface area contributed by atoms with Crippen molar-refractivity contribution in [3.63, 3.8) is 0 Å². The van der Waals surface area contributed by atoms with Crippen LogP contribution in [0.3, 0.4) is 0 Å². The number of hydrogen-bond donors (Lipinski definition) is 2. The van der Waals surface area contributed by atoms with E-state index in [2.05, 4.69) is 4.72 Å². The van der Waals surface area contributed by atoms with Crippen molar-refractivity contribution < 1.29 is 12.6 Å². The third-order valence-electron chi connectivity index (χ3n) is 3.32. The molecule has 2 rings (SSSR count). The fourth-order valence-electron chi connectivity index (χ4n) is 2.19. The number of thiocarbonyl (C=S) groups is 1. The normalized spacial score (nSPS) is 22.9. The Morgan fingerprint density at radius 1 is 1.29 bits per heavy atom. The first-order valence-electron chi connectivity index (χ1n) is 6.61. The fourth-order valence-corrected chi connectivity index (χ4v) is 4.96. The van der Waals surface area contributed by atoms with Gasteiger partial charge in [0.05, 0.1) is 9.88 Å². The summed E-state index contributed by atoms with van der Waals surface area (Å²) < 4.78 is 38.5. The van der Waals surface area contributed by atoms with Crippen LogP contribution in [0.2, 0.25) is 0 Å². The molecule has 1 saturated heterocycles. The highest BCUT2D eigenvalue weighted by molar-refractivity contribution is 7.89. The van der Waals surface area contributed by atoms with Crippen molar-refractivity contribution in [2.24, 2.45) is 5.73 Å². The predicted octanol–water partition coefficient (Wildman–Crippen LogP) is 0.705. The van der Waals surface area contributed by atoms with Crippen LogP contribution in [0.25, 0.3) is 0 Å². The summed E-state index contributed by atoms with van der Waals surface area (Å²) in [4.78, 5) is 0.597. The molecule has 1 aromatic rings. The molecule has 0 spiro atoms. The number of rotatable bonds is 5. The predicted molar refractivity (Wildman–Crippen MR) is 88.2 cm³/mol. The Hall–Kier alpha value is -0.830. The van der Waals surface area contributed by atoms with E-state index in [1.165, 1.54) is 0 Å². The molecule has 0 aliphatic carbocycles. The SMILES string of the molecule is NC(=S)Cc1ccc(S(=O)(=O)NC2CCS(=O)CC2)cc1. The van der Waals surface area contributed by atoms with Crippen molar-refractivity contribution in [3.05, 3.63) is 29.8 Å². The highest BCUT2D eigenvalue weighted by Crippen LogP contribution is 2.15. The van der Waals surface area contributed by atoms with Gasteiger partial charge in [0.2, 0.25) is 10.0 Å². The van der Waals surface area contributed by atoms with Gasteiger partial charge in [-0.1, -0.05) is 24.4 Å². The summed E-state index contributed by atoms with van der Waals surface area (Å²) >= 11 is 4.82. The van der Waals surface area contributed by atoms with Gasteiger partial charge in [-0.2, -0.15) is 0 Å². The molecule has 8 heteroatoms. The number of nitrogens with one attached hydrogen (secondary N) is 1. The summed E-state index contributed by atoms with van der Waals surface area (Å²) in [5.74, 6) is 1.11. The van der Waals surface area contributed by atoms with E-state index in [1.807, 2.05) is 0 Å². The second kappa shape index (κ2) is 6.95. The molecule has 0 unspecified atom stereocenters. The minimum Gasteiger partial charge on any atom is -0.393 e. The summed E-state index contributed by atoms with van der Waals surface area (Å²) in [5, 5.41) is 0. The fraction of sp³-hybridized carbons (Fsp3) is 0.462. The van der Waals surface area contributed by atoms with Crippen molar-refractivity contribution in [2.75, 3.05) is 11.5 Å². The first-order chi connectivity index (χ1) is 9.87. The Kier molecular flexibility index (Phi) is 5.48. The lowest BCUT2D eigenvalue weighted by molar-refractivity contribution is 0.522. The highest BCUT2D eigenvalue weighted by atomic mass is 32.2. The average Bonchev–Trinajstić information content (AvgIpc) is 2.41. The largest absolute Gasteiger partial charge is 0.393 e. The molecular weight excluding hydrogens is 328 g/mol. The number of nitrogens with two attached hydrogens (primary N) is 1. The number of hydrogen-bond acceptors (Lipinski definition) is 4. The molecule has 1 fully saturated rings. The van der Waals surface area contributed by atoms with Gasteiger partial charge >= 0.3 is 0 Å². The summed E-state index contributed by atoms with van der Waals surface area (Å²) in [6, 6.07) is 6.39. The van der Waals surface area contributed by atoms with Crippen molar-refractivity contribution in [1.82, 2.24) is 4.72 Å². The molecule has 0 radical (unpaired) electrons. The summed E-state index contributed by atoms with van der Waals surface area (Å²) in [6.45, 7) is 0. The molecule has 0 bridgehead atoms. The maximum Gasteiger partial charge on any atom is 0.240 e. The van der Waals surface area contributed by atoms with Crippen LogP contribution in [-0.2, 0) is 27.2 Å². The van der Waals surface area contributed by atoms with Crippen LogP contribution in [0.1, 0.15) is 18.4 Å². The molecule has 0 saturated carbocycles. The van der Waals surface area contributed by atoms with Gasteiger partial charge in [-0.3, -0.25) is 4.21 Å². The van der Waals surface area contributed by atoms with Gasteiger partial charge in [0, 0.05) is 34.8 Å². The average molecular weight is 346 g/mol. The van der Waals surface area contributed by atoms with Gasteiger partial charge in [-0.15, -0.1) is 0 Å². The Bertz CT molecular complexity index is 631. The van der Waals surface area contributed by atoms with Crippen molar-refractivity contribution in [2.45, 2.75) is 30.2 Å². The Morgan fingerprint density at radius 2 is 1.86 bits per heavy atom. The van der Waals surface area contributed by atoms with Gasteiger partial charge in [0.25, 0.3) is 0 Å². The van der Waals surface area contributed by atoms with Gasteiger partial charge in [-0.05, 0) is 30.5 Å². The molecule has 1 heterocycles. The van der Waals surface area contributed by atoms with E-state index in [4.69, 9.17) is 18.0 Å². The number of sulfonamides is 1. The summed E-state index contributed by atoms with van der Waals surface area (Å²) in [7, 11) is -4.34. The topological polar surface area (TPSA) is 89.3 Å². The van der Waals surface area contributed by atoms with Gasteiger partial charge in [0.15, 0.2) is 0 Å². The third kappa shape index (κ3) is 4.84. The van der Waals surface area contributed by atoms with Gasteiger partial charge < -0.3 is 5.73 Å². The Balaban J connectivity index is 2.05. The maximum atomic E-state index is 12.3. The Labute approximate surface area is 132 Å². The van der Waals surface area contributed by atoms with E-state index < -0.39 is 20.8 Å². The minimum atomic E-state index is -3.54. The maximum absolute atomic E-state index is 12.3. The molecule has 1 aliphatic rings. The van der Waals surface area contributed by atoms with Crippen LogP contribution in [0.5, 0.6) is 0 Å². The molecule has 21 heavy (non-hydrogen) atoms. The molecule has 116 valence electrons. The minimum absolute atomic E-state index is 0.135. The van der Waals surface area contributed by atoms with E-state index in [9.17, 15) is 12.6 Å². The van der Waals surface area contributed by atoms with Crippen LogP contribution in [0, 0.1) is 0 Å². The monoisotopic (exact) mass is 346 g/mol. The van der Waals surface area contributed by atoms with Crippen LogP contribution < -0.4 is 10.5 Å². The van der Waals surface area contributed by atoms with Gasteiger partial charge in [-0.25, -0.2) is 13.1 Å². The molecule has 5 nitrogen and oxygen atoms in total. The zero-order valence-corrected chi connectivity index (χ0v) is 13.9. The molecular formula is C13H18N2O3S3. The lowest BCUT2D eigenvalue weighted by atomic mass is 10.1. The summed E-state index contributed by atoms with van der Waals surface area (Å²) in [5.41, 5.74) is 6.34. The molecule has 0 amide bonds. The van der Waals surface area contributed by atoms with Crippen LogP contribution in [0.15, 0.2) is 29.2 Å². The van der Waals surface area contributed by atoms with Crippen molar-refractivity contribution >= 4 is 38.0 Å². The van der Waals surface area contributed by atoms with E-state index in [1.54, 1.807) is 24.3 Å². The van der Waals surface area contributed by atoms with E-state index in [0.717, 1.165) is 5.56 Å². The lowest BCUT2D eigenvalue weighted by Crippen LogP contribution is -2.39. The second-order valence-corrected chi connectivity index (χ2v) is 8.97. The second-order valence-electron chi connectivity index (χ2n) is 5.03. The van der Waals surface area contributed by atoms with Crippen molar-refractivity contribution in [3.8, 4) is 0 Å². The van der Waals surface area contributed by atoms with E-state index in [-0.39, 0.29) is 10.9 Å². The smallest absolute Gasteiger partial charge is 0.240 e. The van der Waals surface area contributed by atoms with Crippen LogP contribution in [0.4, 0.5) is 0 Å².